The van der Waals surface area contributed by atoms with Gasteiger partial charge in [-0.1, -0.05) is 6.92 Å². The zero-order valence-corrected chi connectivity index (χ0v) is 14.1. The molecule has 1 fully saturated rings. The molecule has 0 unspecified atom stereocenters. The monoisotopic (exact) mass is 382 g/mol. The van der Waals surface area contributed by atoms with E-state index in [1.165, 1.54) is 4.31 Å². The molecule has 0 saturated carbocycles. The average Bonchev–Trinajstić information content (AvgIpc) is 2.38. The summed E-state index contributed by atoms with van der Waals surface area (Å²) in [6, 6.07) is 1.55. The van der Waals surface area contributed by atoms with Crippen molar-refractivity contribution >= 4 is 26.0 Å². The van der Waals surface area contributed by atoms with Crippen LogP contribution < -0.4 is 0 Å². The zero-order valence-electron chi connectivity index (χ0n) is 11.7. The Morgan fingerprint density at radius 3 is 2.33 bits per heavy atom. The summed E-state index contributed by atoms with van der Waals surface area (Å²) in [5.74, 6) is -1.89. The Morgan fingerprint density at radius 1 is 1.19 bits per heavy atom. The van der Waals surface area contributed by atoms with Gasteiger partial charge in [-0.05, 0) is 35.0 Å². The van der Waals surface area contributed by atoms with E-state index in [4.69, 9.17) is 0 Å². The highest BCUT2D eigenvalue weighted by Gasteiger charge is 2.32. The van der Waals surface area contributed by atoms with E-state index in [1.807, 2.05) is 0 Å². The second-order valence-electron chi connectivity index (χ2n) is 4.94. The molecule has 0 spiro atoms. The first-order valence-electron chi connectivity index (χ1n) is 6.73. The standard InChI is InChI=1S/C13H17BrF2N2O2S/c1-2-3-17-4-6-18(7-5-17)21(19,20)13-11(14)8-10(15)9-12(13)16/h8-9H,2-7H2,1H3. The number of rotatable bonds is 4. The summed E-state index contributed by atoms with van der Waals surface area (Å²) in [6.45, 7) is 4.84. The molecule has 0 bridgehead atoms. The molecular formula is C13H17BrF2N2O2S. The van der Waals surface area contributed by atoms with E-state index in [9.17, 15) is 17.2 Å². The molecule has 1 aliphatic heterocycles. The Kier molecular flexibility index (Phi) is 5.34. The van der Waals surface area contributed by atoms with E-state index >= 15 is 0 Å². The lowest BCUT2D eigenvalue weighted by Crippen LogP contribution is -2.48. The summed E-state index contributed by atoms with van der Waals surface area (Å²) in [5, 5.41) is 0. The largest absolute Gasteiger partial charge is 0.301 e. The van der Waals surface area contributed by atoms with Crippen molar-refractivity contribution < 1.29 is 17.2 Å². The van der Waals surface area contributed by atoms with Gasteiger partial charge in [-0.15, -0.1) is 0 Å². The maximum Gasteiger partial charge on any atom is 0.247 e. The van der Waals surface area contributed by atoms with Crippen LogP contribution in [0.25, 0.3) is 0 Å². The maximum atomic E-state index is 13.9. The molecule has 118 valence electrons. The van der Waals surface area contributed by atoms with Crippen molar-refractivity contribution in [1.82, 2.24) is 9.21 Å². The molecule has 1 saturated heterocycles. The smallest absolute Gasteiger partial charge is 0.247 e. The lowest BCUT2D eigenvalue weighted by molar-refractivity contribution is 0.188. The highest BCUT2D eigenvalue weighted by Crippen LogP contribution is 2.29. The minimum absolute atomic E-state index is 0.0870. The Bertz CT molecular complexity index is 594. The Morgan fingerprint density at radius 2 is 1.81 bits per heavy atom. The highest BCUT2D eigenvalue weighted by molar-refractivity contribution is 9.10. The fraction of sp³-hybridized carbons (Fsp3) is 0.538. The van der Waals surface area contributed by atoms with Crippen LogP contribution in [0.15, 0.2) is 21.5 Å². The molecule has 1 heterocycles. The molecule has 1 aromatic rings. The third-order valence-electron chi connectivity index (χ3n) is 3.43. The predicted molar refractivity (Wildman–Crippen MR) is 79.5 cm³/mol. The van der Waals surface area contributed by atoms with Gasteiger partial charge in [-0.2, -0.15) is 4.31 Å². The number of halogens is 3. The van der Waals surface area contributed by atoms with Gasteiger partial charge in [-0.25, -0.2) is 17.2 Å². The molecule has 0 N–H and O–H groups in total. The Labute approximate surface area is 131 Å². The van der Waals surface area contributed by atoms with Gasteiger partial charge < -0.3 is 4.90 Å². The maximum absolute atomic E-state index is 13.9. The normalized spacial score (nSPS) is 18.1. The van der Waals surface area contributed by atoms with Crippen LogP contribution in [0, 0.1) is 11.6 Å². The van der Waals surface area contributed by atoms with Crippen LogP contribution in [0.1, 0.15) is 13.3 Å². The average molecular weight is 383 g/mol. The van der Waals surface area contributed by atoms with E-state index < -0.39 is 26.6 Å². The van der Waals surface area contributed by atoms with Crippen LogP contribution in [-0.4, -0.2) is 50.3 Å². The van der Waals surface area contributed by atoms with Crippen molar-refractivity contribution in [2.75, 3.05) is 32.7 Å². The third kappa shape index (κ3) is 3.61. The molecule has 2 rings (SSSR count). The molecule has 4 nitrogen and oxygen atoms in total. The fourth-order valence-corrected chi connectivity index (χ4v) is 4.95. The lowest BCUT2D eigenvalue weighted by atomic mass is 10.3. The summed E-state index contributed by atoms with van der Waals surface area (Å²) in [4.78, 5) is 1.68. The van der Waals surface area contributed by atoms with E-state index in [0.29, 0.717) is 32.2 Å². The molecular weight excluding hydrogens is 366 g/mol. The Hall–Kier alpha value is -0.570. The quantitative estimate of drug-likeness (QED) is 0.802. The number of sulfonamides is 1. The van der Waals surface area contributed by atoms with E-state index in [1.54, 1.807) is 0 Å². The van der Waals surface area contributed by atoms with Gasteiger partial charge >= 0.3 is 0 Å². The second-order valence-corrected chi connectivity index (χ2v) is 7.67. The van der Waals surface area contributed by atoms with Crippen LogP contribution in [0.3, 0.4) is 0 Å². The molecule has 1 aliphatic rings. The van der Waals surface area contributed by atoms with Crippen molar-refractivity contribution in [2.24, 2.45) is 0 Å². The number of benzene rings is 1. The molecule has 0 radical (unpaired) electrons. The number of hydrogen-bond acceptors (Lipinski definition) is 3. The van der Waals surface area contributed by atoms with Gasteiger partial charge in [0, 0.05) is 36.7 Å². The van der Waals surface area contributed by atoms with Crippen LogP contribution in [0.2, 0.25) is 0 Å². The summed E-state index contributed by atoms with van der Waals surface area (Å²) in [6.07, 6.45) is 1.00. The topological polar surface area (TPSA) is 40.6 Å². The van der Waals surface area contributed by atoms with E-state index in [0.717, 1.165) is 19.0 Å². The first-order valence-corrected chi connectivity index (χ1v) is 8.96. The first-order chi connectivity index (χ1) is 9.86. The van der Waals surface area contributed by atoms with Crippen molar-refractivity contribution in [3.05, 3.63) is 28.2 Å². The van der Waals surface area contributed by atoms with Crippen molar-refractivity contribution in [3.63, 3.8) is 0 Å². The molecule has 0 atom stereocenters. The lowest BCUT2D eigenvalue weighted by Gasteiger charge is -2.33. The van der Waals surface area contributed by atoms with Crippen LogP contribution >= 0.6 is 15.9 Å². The van der Waals surface area contributed by atoms with Crippen molar-refractivity contribution in [3.8, 4) is 0 Å². The summed E-state index contributed by atoms with van der Waals surface area (Å²) < 4.78 is 53.2. The predicted octanol–water partition coefficient (Wildman–Crippen LogP) is 2.44. The number of nitrogens with zero attached hydrogens (tertiary/aromatic N) is 2. The van der Waals surface area contributed by atoms with Crippen molar-refractivity contribution in [1.29, 1.82) is 0 Å². The molecule has 1 aromatic carbocycles. The SMILES string of the molecule is CCCN1CCN(S(=O)(=O)c2c(F)cc(F)cc2Br)CC1. The van der Waals surface area contributed by atoms with Crippen LogP contribution in [0.4, 0.5) is 8.78 Å². The third-order valence-corrected chi connectivity index (χ3v) is 6.30. The van der Waals surface area contributed by atoms with Crippen LogP contribution in [-0.2, 0) is 10.0 Å². The molecule has 8 heteroatoms. The number of piperazine rings is 1. The minimum Gasteiger partial charge on any atom is -0.301 e. The first kappa shape index (κ1) is 16.8. The second kappa shape index (κ2) is 6.68. The highest BCUT2D eigenvalue weighted by atomic mass is 79.9. The van der Waals surface area contributed by atoms with Gasteiger partial charge in [0.25, 0.3) is 0 Å². The van der Waals surface area contributed by atoms with E-state index in [-0.39, 0.29) is 4.47 Å². The summed E-state index contributed by atoms with van der Waals surface area (Å²) >= 11 is 2.94. The summed E-state index contributed by atoms with van der Waals surface area (Å²) in [5.41, 5.74) is 0. The van der Waals surface area contributed by atoms with Gasteiger partial charge in [0.15, 0.2) is 0 Å². The van der Waals surface area contributed by atoms with Gasteiger partial charge in [0.2, 0.25) is 10.0 Å². The molecule has 0 amide bonds. The number of hydrogen-bond donors (Lipinski definition) is 0. The molecule has 0 aliphatic carbocycles. The van der Waals surface area contributed by atoms with Gasteiger partial charge in [0.05, 0.1) is 0 Å². The Balaban J connectivity index is 2.24. The van der Waals surface area contributed by atoms with Crippen LogP contribution in [0.5, 0.6) is 0 Å². The fourth-order valence-electron chi connectivity index (χ4n) is 2.41. The van der Waals surface area contributed by atoms with Crippen molar-refractivity contribution in [2.45, 2.75) is 18.2 Å². The zero-order chi connectivity index (χ0) is 15.6. The van der Waals surface area contributed by atoms with Gasteiger partial charge in [-0.3, -0.25) is 0 Å². The van der Waals surface area contributed by atoms with Gasteiger partial charge in [0.1, 0.15) is 16.5 Å². The minimum atomic E-state index is -3.96. The molecule has 21 heavy (non-hydrogen) atoms. The summed E-state index contributed by atoms with van der Waals surface area (Å²) in [7, 11) is -3.96. The molecule has 0 aromatic heterocycles. The van der Waals surface area contributed by atoms with E-state index in [2.05, 4.69) is 27.8 Å².